The second-order valence-corrected chi connectivity index (χ2v) is 5.59. The number of benzene rings is 1. The van der Waals surface area contributed by atoms with Gasteiger partial charge in [-0.1, -0.05) is 25.1 Å². The highest BCUT2D eigenvalue weighted by Gasteiger charge is 2.43. The van der Waals surface area contributed by atoms with Crippen LogP contribution in [-0.2, 0) is 9.59 Å². The van der Waals surface area contributed by atoms with E-state index in [4.69, 9.17) is 0 Å². The Morgan fingerprint density at radius 3 is 2.33 bits per heavy atom. The summed E-state index contributed by atoms with van der Waals surface area (Å²) in [6.07, 6.45) is 0.305. The summed E-state index contributed by atoms with van der Waals surface area (Å²) < 4.78 is 0. The molecule has 0 N–H and O–H groups in total. The van der Waals surface area contributed by atoms with E-state index in [0.29, 0.717) is 12.1 Å². The zero-order valence-corrected chi connectivity index (χ0v) is 12.4. The van der Waals surface area contributed by atoms with E-state index in [0.717, 1.165) is 32.7 Å². The van der Waals surface area contributed by atoms with Crippen LogP contribution in [0.5, 0.6) is 0 Å². The molecule has 1 atom stereocenters. The predicted octanol–water partition coefficient (Wildman–Crippen LogP) is 0.956. The number of hydrogen-bond acceptors (Lipinski definition) is 4. The van der Waals surface area contributed by atoms with Crippen LogP contribution in [0.15, 0.2) is 30.3 Å². The van der Waals surface area contributed by atoms with Gasteiger partial charge in [-0.05, 0) is 18.7 Å². The summed E-state index contributed by atoms with van der Waals surface area (Å²) in [5.41, 5.74) is 0.683. The maximum atomic E-state index is 12.6. The minimum atomic E-state index is -0.281. The third-order valence-electron chi connectivity index (χ3n) is 4.43. The van der Waals surface area contributed by atoms with Crippen LogP contribution in [0, 0.1) is 0 Å². The number of anilines is 1. The van der Waals surface area contributed by atoms with Crippen LogP contribution >= 0.6 is 0 Å². The molecule has 0 radical (unpaired) electrons. The molecule has 112 valence electrons. The molecule has 0 aliphatic carbocycles. The SMILES string of the molecule is CCN1CCN(C2CC(=O)N(c3ccccc3)C2=O)CC1. The molecule has 2 heterocycles. The molecule has 0 spiro atoms. The lowest BCUT2D eigenvalue weighted by Gasteiger charge is -2.36. The van der Waals surface area contributed by atoms with E-state index in [9.17, 15) is 9.59 Å². The van der Waals surface area contributed by atoms with Crippen molar-refractivity contribution in [2.75, 3.05) is 37.6 Å². The molecular weight excluding hydrogens is 266 g/mol. The molecule has 2 saturated heterocycles. The smallest absolute Gasteiger partial charge is 0.251 e. The van der Waals surface area contributed by atoms with Crippen LogP contribution < -0.4 is 4.90 Å². The first-order valence-electron chi connectivity index (χ1n) is 7.59. The van der Waals surface area contributed by atoms with Crippen molar-refractivity contribution >= 4 is 17.5 Å². The van der Waals surface area contributed by atoms with Gasteiger partial charge >= 0.3 is 0 Å². The van der Waals surface area contributed by atoms with Gasteiger partial charge in [0.25, 0.3) is 5.91 Å². The largest absolute Gasteiger partial charge is 0.301 e. The number of rotatable bonds is 3. The summed E-state index contributed by atoms with van der Waals surface area (Å²) in [7, 11) is 0. The molecule has 0 saturated carbocycles. The maximum absolute atomic E-state index is 12.6. The molecule has 0 aromatic heterocycles. The van der Waals surface area contributed by atoms with Crippen molar-refractivity contribution in [2.24, 2.45) is 0 Å². The van der Waals surface area contributed by atoms with E-state index in [-0.39, 0.29) is 17.9 Å². The van der Waals surface area contributed by atoms with Gasteiger partial charge in [-0.25, -0.2) is 4.90 Å². The van der Waals surface area contributed by atoms with Gasteiger partial charge in [0.05, 0.1) is 18.2 Å². The first-order chi connectivity index (χ1) is 10.2. The lowest BCUT2D eigenvalue weighted by Crippen LogP contribution is -2.52. The molecule has 21 heavy (non-hydrogen) atoms. The summed E-state index contributed by atoms with van der Waals surface area (Å²) in [6.45, 7) is 6.86. The van der Waals surface area contributed by atoms with E-state index in [1.54, 1.807) is 0 Å². The van der Waals surface area contributed by atoms with Gasteiger partial charge in [-0.15, -0.1) is 0 Å². The average molecular weight is 287 g/mol. The summed E-state index contributed by atoms with van der Waals surface area (Å²) >= 11 is 0. The molecule has 1 aromatic rings. The summed E-state index contributed by atoms with van der Waals surface area (Å²) in [4.78, 5) is 30.7. The highest BCUT2D eigenvalue weighted by molar-refractivity contribution is 6.22. The minimum absolute atomic E-state index is 0.0730. The molecule has 2 aliphatic heterocycles. The van der Waals surface area contributed by atoms with Gasteiger partial charge in [0.15, 0.2) is 0 Å². The van der Waals surface area contributed by atoms with Crippen molar-refractivity contribution in [3.8, 4) is 0 Å². The zero-order valence-electron chi connectivity index (χ0n) is 12.4. The molecular formula is C16H21N3O2. The van der Waals surface area contributed by atoms with Crippen LogP contribution in [0.1, 0.15) is 13.3 Å². The van der Waals surface area contributed by atoms with Crippen LogP contribution in [0.3, 0.4) is 0 Å². The summed E-state index contributed by atoms with van der Waals surface area (Å²) in [6, 6.07) is 8.93. The maximum Gasteiger partial charge on any atom is 0.251 e. The normalized spacial score (nSPS) is 24.8. The molecule has 2 amide bonds. The van der Waals surface area contributed by atoms with Crippen molar-refractivity contribution in [3.63, 3.8) is 0 Å². The number of amides is 2. The number of piperazine rings is 1. The fourth-order valence-corrected chi connectivity index (χ4v) is 3.14. The number of para-hydroxylation sites is 1. The standard InChI is InChI=1S/C16H21N3O2/c1-2-17-8-10-18(11-9-17)14-12-15(20)19(16(14)21)13-6-4-3-5-7-13/h3-7,14H,2,8-12H2,1H3. The second-order valence-electron chi connectivity index (χ2n) is 5.59. The lowest BCUT2D eigenvalue weighted by molar-refractivity contribution is -0.123. The zero-order chi connectivity index (χ0) is 14.8. The lowest BCUT2D eigenvalue weighted by atomic mass is 10.1. The quantitative estimate of drug-likeness (QED) is 0.777. The number of carbonyl (C=O) groups is 2. The van der Waals surface area contributed by atoms with Crippen molar-refractivity contribution in [3.05, 3.63) is 30.3 Å². The fourth-order valence-electron chi connectivity index (χ4n) is 3.14. The van der Waals surface area contributed by atoms with E-state index in [1.807, 2.05) is 30.3 Å². The molecule has 1 unspecified atom stereocenters. The number of hydrogen-bond donors (Lipinski definition) is 0. The Morgan fingerprint density at radius 2 is 1.71 bits per heavy atom. The highest BCUT2D eigenvalue weighted by atomic mass is 16.2. The van der Waals surface area contributed by atoms with Crippen LogP contribution in [0.4, 0.5) is 5.69 Å². The van der Waals surface area contributed by atoms with Crippen molar-refractivity contribution in [1.82, 2.24) is 9.80 Å². The average Bonchev–Trinajstić information content (AvgIpc) is 2.83. The Kier molecular flexibility index (Phi) is 4.03. The third-order valence-corrected chi connectivity index (χ3v) is 4.43. The molecule has 2 aliphatic rings. The molecule has 5 heteroatoms. The van der Waals surface area contributed by atoms with Gasteiger partial charge in [-0.2, -0.15) is 0 Å². The molecule has 2 fully saturated rings. The third kappa shape index (κ3) is 2.71. The molecule has 5 nitrogen and oxygen atoms in total. The van der Waals surface area contributed by atoms with Gasteiger partial charge in [0.2, 0.25) is 5.91 Å². The van der Waals surface area contributed by atoms with Gasteiger partial charge in [0.1, 0.15) is 0 Å². The molecule has 0 bridgehead atoms. The summed E-state index contributed by atoms with van der Waals surface area (Å²) in [5, 5.41) is 0. The number of carbonyl (C=O) groups excluding carboxylic acids is 2. The van der Waals surface area contributed by atoms with Gasteiger partial charge in [-0.3, -0.25) is 14.5 Å². The Hall–Kier alpha value is -1.72. The van der Waals surface area contributed by atoms with Crippen LogP contribution in [-0.4, -0.2) is 60.4 Å². The Balaban J connectivity index is 1.72. The van der Waals surface area contributed by atoms with E-state index in [1.165, 1.54) is 4.90 Å². The number of imide groups is 1. The Labute approximate surface area is 125 Å². The molecule has 1 aromatic carbocycles. The number of nitrogens with zero attached hydrogens (tertiary/aromatic N) is 3. The van der Waals surface area contributed by atoms with Gasteiger partial charge in [0, 0.05) is 26.2 Å². The summed E-state index contributed by atoms with van der Waals surface area (Å²) in [5.74, 6) is -0.162. The topological polar surface area (TPSA) is 43.9 Å². The van der Waals surface area contributed by atoms with E-state index < -0.39 is 0 Å². The Bertz CT molecular complexity index is 524. The fraction of sp³-hybridized carbons (Fsp3) is 0.500. The Morgan fingerprint density at radius 1 is 1.05 bits per heavy atom. The first-order valence-corrected chi connectivity index (χ1v) is 7.59. The van der Waals surface area contributed by atoms with E-state index in [2.05, 4.69) is 16.7 Å². The predicted molar refractivity (Wildman–Crippen MR) is 81.0 cm³/mol. The first kappa shape index (κ1) is 14.2. The van der Waals surface area contributed by atoms with Crippen molar-refractivity contribution < 1.29 is 9.59 Å². The van der Waals surface area contributed by atoms with Crippen LogP contribution in [0.2, 0.25) is 0 Å². The number of likely N-dealkylation sites (N-methyl/N-ethyl adjacent to an activating group) is 1. The second kappa shape index (κ2) is 5.95. The minimum Gasteiger partial charge on any atom is -0.301 e. The van der Waals surface area contributed by atoms with Gasteiger partial charge < -0.3 is 4.90 Å². The highest BCUT2D eigenvalue weighted by Crippen LogP contribution is 2.25. The van der Waals surface area contributed by atoms with Crippen molar-refractivity contribution in [2.45, 2.75) is 19.4 Å². The monoisotopic (exact) mass is 287 g/mol. The molecule has 3 rings (SSSR count). The van der Waals surface area contributed by atoms with Crippen LogP contribution in [0.25, 0.3) is 0 Å². The van der Waals surface area contributed by atoms with Crippen molar-refractivity contribution in [1.29, 1.82) is 0 Å². The van der Waals surface area contributed by atoms with E-state index >= 15 is 0 Å².